The third-order valence-electron chi connectivity index (χ3n) is 1.75. The minimum Gasteiger partial charge on any atom is -0.207 e. The molecule has 1 aromatic rings. The highest BCUT2D eigenvalue weighted by molar-refractivity contribution is 6.32. The molecule has 0 amide bonds. The molecular formula is C9H10BF. The highest BCUT2D eigenvalue weighted by atomic mass is 19.1. The molecule has 1 aromatic carbocycles. The van der Waals surface area contributed by atoms with Gasteiger partial charge in [-0.2, -0.15) is 0 Å². The van der Waals surface area contributed by atoms with E-state index in [1.807, 2.05) is 13.0 Å². The van der Waals surface area contributed by atoms with E-state index in [0.717, 1.165) is 12.0 Å². The molecule has 0 aliphatic carbocycles. The van der Waals surface area contributed by atoms with Gasteiger partial charge in [0.05, 0.1) is 0 Å². The minimum absolute atomic E-state index is 0.252. The number of hydrogen-bond donors (Lipinski definition) is 0. The lowest BCUT2D eigenvalue weighted by Crippen LogP contribution is -2.11. The monoisotopic (exact) mass is 148 g/mol. The summed E-state index contributed by atoms with van der Waals surface area (Å²) in [5, 5.41) is 0. The van der Waals surface area contributed by atoms with Crippen molar-refractivity contribution in [2.75, 3.05) is 0 Å². The van der Waals surface area contributed by atoms with Crippen LogP contribution in [-0.4, -0.2) is 7.85 Å². The first-order chi connectivity index (χ1) is 5.15. The first-order valence-corrected chi connectivity index (χ1v) is 3.69. The summed E-state index contributed by atoms with van der Waals surface area (Å²) in [5.41, 5.74) is 1.96. The van der Waals surface area contributed by atoms with E-state index in [1.165, 1.54) is 0 Å². The fourth-order valence-electron chi connectivity index (χ4n) is 1.08. The van der Waals surface area contributed by atoms with Crippen LogP contribution in [0.1, 0.15) is 18.1 Å². The third-order valence-corrected chi connectivity index (χ3v) is 1.75. The molecule has 2 radical (unpaired) electrons. The number of halogens is 1. The maximum atomic E-state index is 12.9. The minimum atomic E-state index is -0.290. The van der Waals surface area contributed by atoms with Crippen molar-refractivity contribution in [2.45, 2.75) is 20.3 Å². The number of benzene rings is 1. The Balaban J connectivity index is 3.21. The van der Waals surface area contributed by atoms with Crippen molar-refractivity contribution in [3.63, 3.8) is 0 Å². The van der Waals surface area contributed by atoms with Crippen molar-refractivity contribution < 1.29 is 4.39 Å². The van der Waals surface area contributed by atoms with Gasteiger partial charge >= 0.3 is 0 Å². The highest BCUT2D eigenvalue weighted by Gasteiger charge is 2.01. The highest BCUT2D eigenvalue weighted by Crippen LogP contribution is 2.06. The van der Waals surface area contributed by atoms with Crippen LogP contribution >= 0.6 is 0 Å². The Hall–Kier alpha value is -0.785. The summed E-state index contributed by atoms with van der Waals surface area (Å²) in [6.07, 6.45) is 0.894. The summed E-state index contributed by atoms with van der Waals surface area (Å²) in [5.74, 6) is -0.290. The Kier molecular flexibility index (Phi) is 2.33. The smallest absolute Gasteiger partial charge is 0.119 e. The SMILES string of the molecule is [B]c1cc(CC)cc(C)c1F. The molecule has 0 spiro atoms. The van der Waals surface area contributed by atoms with Crippen molar-refractivity contribution in [3.8, 4) is 0 Å². The molecule has 11 heavy (non-hydrogen) atoms. The standard InChI is InChI=1S/C9H10BF/c1-3-7-4-6(2)9(11)8(10)5-7/h4-5H,3H2,1-2H3. The van der Waals surface area contributed by atoms with Crippen molar-refractivity contribution in [1.82, 2.24) is 0 Å². The molecule has 0 N–H and O–H groups in total. The molecule has 56 valence electrons. The molecule has 0 aliphatic rings. The molecule has 0 nitrogen and oxygen atoms in total. The van der Waals surface area contributed by atoms with Gasteiger partial charge < -0.3 is 0 Å². The summed E-state index contributed by atoms with van der Waals surface area (Å²) in [6, 6.07) is 3.51. The predicted octanol–water partition coefficient (Wildman–Crippen LogP) is 1.49. The largest absolute Gasteiger partial charge is 0.207 e. The van der Waals surface area contributed by atoms with Gasteiger partial charge in [0.15, 0.2) is 0 Å². The van der Waals surface area contributed by atoms with Gasteiger partial charge in [0, 0.05) is 0 Å². The van der Waals surface area contributed by atoms with Gasteiger partial charge in [-0.25, -0.2) is 4.39 Å². The predicted molar refractivity (Wildman–Crippen MR) is 45.9 cm³/mol. The van der Waals surface area contributed by atoms with Crippen LogP contribution < -0.4 is 5.46 Å². The molecule has 0 saturated heterocycles. The van der Waals surface area contributed by atoms with Crippen LogP contribution in [0.15, 0.2) is 12.1 Å². The van der Waals surface area contributed by atoms with Crippen LogP contribution in [0.2, 0.25) is 0 Å². The van der Waals surface area contributed by atoms with E-state index in [2.05, 4.69) is 0 Å². The second-order valence-electron chi connectivity index (χ2n) is 2.67. The average Bonchev–Trinajstić information content (AvgIpc) is 1.99. The summed E-state index contributed by atoms with van der Waals surface area (Å²) in [6.45, 7) is 3.75. The van der Waals surface area contributed by atoms with Gasteiger partial charge in [0.2, 0.25) is 0 Å². The van der Waals surface area contributed by atoms with Gasteiger partial charge in [0.25, 0.3) is 0 Å². The second kappa shape index (κ2) is 3.08. The number of aryl methyl sites for hydroxylation is 2. The summed E-state index contributed by atoms with van der Waals surface area (Å²) in [4.78, 5) is 0. The maximum absolute atomic E-state index is 12.9. The Morgan fingerprint density at radius 2 is 2.09 bits per heavy atom. The number of rotatable bonds is 1. The summed E-state index contributed by atoms with van der Waals surface area (Å²) >= 11 is 0. The van der Waals surface area contributed by atoms with Crippen molar-refractivity contribution in [1.29, 1.82) is 0 Å². The summed E-state index contributed by atoms with van der Waals surface area (Å²) in [7, 11) is 5.42. The van der Waals surface area contributed by atoms with E-state index in [4.69, 9.17) is 7.85 Å². The van der Waals surface area contributed by atoms with E-state index in [-0.39, 0.29) is 11.3 Å². The Labute approximate surface area is 67.8 Å². The zero-order chi connectivity index (χ0) is 8.43. The lowest BCUT2D eigenvalue weighted by molar-refractivity contribution is 0.626. The van der Waals surface area contributed by atoms with Crippen LogP contribution in [0.3, 0.4) is 0 Å². The zero-order valence-electron chi connectivity index (χ0n) is 6.82. The lowest BCUT2D eigenvalue weighted by Gasteiger charge is -2.04. The van der Waals surface area contributed by atoms with E-state index in [0.29, 0.717) is 5.56 Å². The van der Waals surface area contributed by atoms with Gasteiger partial charge in [-0.1, -0.05) is 24.5 Å². The van der Waals surface area contributed by atoms with E-state index in [9.17, 15) is 4.39 Å². The van der Waals surface area contributed by atoms with Crippen molar-refractivity contribution in [2.24, 2.45) is 0 Å². The zero-order valence-corrected chi connectivity index (χ0v) is 6.82. The lowest BCUT2D eigenvalue weighted by atomic mass is 9.91. The van der Waals surface area contributed by atoms with E-state index >= 15 is 0 Å². The maximum Gasteiger partial charge on any atom is 0.119 e. The van der Waals surface area contributed by atoms with Crippen molar-refractivity contribution >= 4 is 13.3 Å². The fourth-order valence-corrected chi connectivity index (χ4v) is 1.08. The molecule has 2 heteroatoms. The van der Waals surface area contributed by atoms with E-state index in [1.54, 1.807) is 13.0 Å². The van der Waals surface area contributed by atoms with Crippen LogP contribution in [0, 0.1) is 12.7 Å². The molecule has 0 aromatic heterocycles. The average molecular weight is 148 g/mol. The van der Waals surface area contributed by atoms with Gasteiger partial charge in [-0.15, -0.1) is 0 Å². The Morgan fingerprint density at radius 3 is 2.55 bits per heavy atom. The van der Waals surface area contributed by atoms with Gasteiger partial charge in [-0.05, 0) is 24.5 Å². The van der Waals surface area contributed by atoms with Crippen LogP contribution in [0.25, 0.3) is 0 Å². The second-order valence-corrected chi connectivity index (χ2v) is 2.67. The molecule has 0 heterocycles. The quantitative estimate of drug-likeness (QED) is 0.529. The van der Waals surface area contributed by atoms with Crippen LogP contribution in [0.4, 0.5) is 4.39 Å². The first-order valence-electron chi connectivity index (χ1n) is 3.69. The molecule has 0 atom stereocenters. The Morgan fingerprint density at radius 1 is 1.45 bits per heavy atom. The van der Waals surface area contributed by atoms with Gasteiger partial charge in [-0.3, -0.25) is 0 Å². The van der Waals surface area contributed by atoms with Crippen LogP contribution in [-0.2, 0) is 6.42 Å². The number of hydrogen-bond acceptors (Lipinski definition) is 0. The van der Waals surface area contributed by atoms with Crippen LogP contribution in [0.5, 0.6) is 0 Å². The van der Waals surface area contributed by atoms with Gasteiger partial charge in [0.1, 0.15) is 13.7 Å². The first kappa shape index (κ1) is 8.31. The summed E-state index contributed by atoms with van der Waals surface area (Å²) < 4.78 is 12.9. The third kappa shape index (κ3) is 1.62. The topological polar surface area (TPSA) is 0 Å². The molecule has 0 saturated carbocycles. The molecule has 0 aliphatic heterocycles. The van der Waals surface area contributed by atoms with Crippen molar-refractivity contribution in [3.05, 3.63) is 29.1 Å². The Bertz CT molecular complexity index is 245. The molecule has 0 unspecified atom stereocenters. The normalized spacial score (nSPS) is 10.1. The molecule has 0 bridgehead atoms. The molecule has 0 fully saturated rings. The fraction of sp³-hybridized carbons (Fsp3) is 0.333. The van der Waals surface area contributed by atoms with E-state index < -0.39 is 0 Å². The molecule has 1 rings (SSSR count). The molecular weight excluding hydrogens is 138 g/mol.